The highest BCUT2D eigenvalue weighted by Crippen LogP contribution is 2.38. The van der Waals surface area contributed by atoms with Crippen molar-refractivity contribution in [3.05, 3.63) is 29.8 Å². The van der Waals surface area contributed by atoms with Crippen LogP contribution in [0.5, 0.6) is 0 Å². The first kappa shape index (κ1) is 18.6. The van der Waals surface area contributed by atoms with Crippen LogP contribution in [-0.2, 0) is 11.0 Å². The first-order valence-corrected chi connectivity index (χ1v) is 9.78. The molecule has 1 atom stereocenters. The standard InChI is InChI=1S/C20H26F3N3O/c21-20(22,23)16-2-1-3-17(12-16)25-9-4-15(5-10-25)18(27)26-11-7-19(14-26)6-8-24-13-19/h1-3,12,15,24H,4-11,13-14H2. The van der Waals surface area contributed by atoms with E-state index in [-0.39, 0.29) is 17.2 Å². The summed E-state index contributed by atoms with van der Waals surface area (Å²) < 4.78 is 38.8. The maximum absolute atomic E-state index is 12.9. The number of nitrogens with one attached hydrogen (secondary N) is 1. The topological polar surface area (TPSA) is 35.6 Å². The van der Waals surface area contributed by atoms with Crippen molar-refractivity contribution in [1.82, 2.24) is 10.2 Å². The summed E-state index contributed by atoms with van der Waals surface area (Å²) in [6.07, 6.45) is -0.696. The van der Waals surface area contributed by atoms with E-state index in [0.29, 0.717) is 31.6 Å². The summed E-state index contributed by atoms with van der Waals surface area (Å²) in [5.74, 6) is 0.235. The van der Waals surface area contributed by atoms with Crippen molar-refractivity contribution in [2.24, 2.45) is 11.3 Å². The normalized spacial score (nSPS) is 26.9. The third-order valence-electron chi connectivity index (χ3n) is 6.46. The summed E-state index contributed by atoms with van der Waals surface area (Å²) in [6, 6.07) is 5.48. The summed E-state index contributed by atoms with van der Waals surface area (Å²) in [5, 5.41) is 3.41. The second-order valence-electron chi connectivity index (χ2n) is 8.25. The first-order valence-electron chi connectivity index (χ1n) is 9.78. The van der Waals surface area contributed by atoms with Gasteiger partial charge in [-0.3, -0.25) is 4.79 Å². The molecule has 1 aromatic carbocycles. The van der Waals surface area contributed by atoms with Crippen molar-refractivity contribution in [2.45, 2.75) is 31.9 Å². The quantitative estimate of drug-likeness (QED) is 0.855. The molecule has 0 saturated carbocycles. The fourth-order valence-corrected chi connectivity index (χ4v) is 4.79. The molecule has 0 aromatic heterocycles. The molecule has 4 rings (SSSR count). The van der Waals surface area contributed by atoms with Crippen molar-refractivity contribution < 1.29 is 18.0 Å². The number of piperidine rings is 1. The summed E-state index contributed by atoms with van der Waals surface area (Å²) in [5.41, 5.74) is 0.243. The van der Waals surface area contributed by atoms with Gasteiger partial charge in [0.1, 0.15) is 0 Å². The molecule has 0 bridgehead atoms. The summed E-state index contributed by atoms with van der Waals surface area (Å²) >= 11 is 0. The SMILES string of the molecule is O=C(C1CCN(c2cccc(C(F)(F)F)c2)CC1)N1CCC2(CCNC2)C1. The maximum atomic E-state index is 12.9. The largest absolute Gasteiger partial charge is 0.416 e. The van der Waals surface area contributed by atoms with E-state index in [1.54, 1.807) is 6.07 Å². The van der Waals surface area contributed by atoms with Crippen LogP contribution in [0.3, 0.4) is 0 Å². The average molecular weight is 381 g/mol. The summed E-state index contributed by atoms with van der Waals surface area (Å²) in [4.78, 5) is 16.9. The first-order chi connectivity index (χ1) is 12.9. The van der Waals surface area contributed by atoms with E-state index in [9.17, 15) is 18.0 Å². The second kappa shape index (κ2) is 7.00. The minimum atomic E-state index is -4.33. The zero-order chi connectivity index (χ0) is 19.1. The van der Waals surface area contributed by atoms with Crippen LogP contribution >= 0.6 is 0 Å². The molecule has 3 aliphatic rings. The van der Waals surface area contributed by atoms with Crippen LogP contribution in [0.4, 0.5) is 18.9 Å². The Hall–Kier alpha value is -1.76. The lowest BCUT2D eigenvalue weighted by molar-refractivity contribution is -0.137. The molecule has 1 unspecified atom stereocenters. The highest BCUT2D eigenvalue weighted by atomic mass is 19.4. The molecule has 3 saturated heterocycles. The van der Waals surface area contributed by atoms with E-state index in [1.807, 2.05) is 9.80 Å². The third-order valence-corrected chi connectivity index (χ3v) is 6.46. The Balaban J connectivity index is 1.35. The minimum Gasteiger partial charge on any atom is -0.371 e. The van der Waals surface area contributed by atoms with Gasteiger partial charge >= 0.3 is 6.18 Å². The number of benzene rings is 1. The Morgan fingerprint density at radius 2 is 1.93 bits per heavy atom. The van der Waals surface area contributed by atoms with Crippen LogP contribution in [-0.4, -0.2) is 50.1 Å². The van der Waals surface area contributed by atoms with Gasteiger partial charge in [-0.15, -0.1) is 0 Å². The van der Waals surface area contributed by atoms with Gasteiger partial charge in [0.15, 0.2) is 0 Å². The maximum Gasteiger partial charge on any atom is 0.416 e. The van der Waals surface area contributed by atoms with Gasteiger partial charge in [-0.1, -0.05) is 6.07 Å². The van der Waals surface area contributed by atoms with Gasteiger partial charge in [-0.25, -0.2) is 0 Å². The highest BCUT2D eigenvalue weighted by molar-refractivity contribution is 5.79. The number of carbonyl (C=O) groups is 1. The molecule has 3 heterocycles. The smallest absolute Gasteiger partial charge is 0.371 e. The van der Waals surface area contributed by atoms with Crippen molar-refractivity contribution in [1.29, 1.82) is 0 Å². The van der Waals surface area contributed by atoms with Gasteiger partial charge in [-0.05, 0) is 50.4 Å². The third kappa shape index (κ3) is 3.79. The molecule has 1 amide bonds. The van der Waals surface area contributed by atoms with Crippen LogP contribution in [0.2, 0.25) is 0 Å². The minimum absolute atomic E-state index is 0.00318. The van der Waals surface area contributed by atoms with E-state index in [1.165, 1.54) is 12.1 Å². The predicted octanol–water partition coefficient (Wildman–Crippen LogP) is 3.13. The second-order valence-corrected chi connectivity index (χ2v) is 8.25. The monoisotopic (exact) mass is 381 g/mol. The molecule has 1 spiro atoms. The summed E-state index contributed by atoms with van der Waals surface area (Å²) in [7, 11) is 0. The summed E-state index contributed by atoms with van der Waals surface area (Å²) in [6.45, 7) is 4.99. The number of carbonyl (C=O) groups excluding carboxylic acids is 1. The lowest BCUT2D eigenvalue weighted by atomic mass is 9.86. The van der Waals surface area contributed by atoms with Crippen molar-refractivity contribution in [2.75, 3.05) is 44.2 Å². The Morgan fingerprint density at radius 3 is 2.59 bits per heavy atom. The highest BCUT2D eigenvalue weighted by Gasteiger charge is 2.43. The molecule has 27 heavy (non-hydrogen) atoms. The zero-order valence-corrected chi connectivity index (χ0v) is 15.4. The number of nitrogens with zero attached hydrogens (tertiary/aromatic N) is 2. The van der Waals surface area contributed by atoms with Crippen LogP contribution < -0.4 is 10.2 Å². The lowest BCUT2D eigenvalue weighted by Crippen LogP contribution is -2.42. The lowest BCUT2D eigenvalue weighted by Gasteiger charge is -2.35. The fourth-order valence-electron chi connectivity index (χ4n) is 4.79. The Bertz CT molecular complexity index is 692. The number of rotatable bonds is 2. The van der Waals surface area contributed by atoms with E-state index >= 15 is 0 Å². The molecule has 1 N–H and O–H groups in total. The zero-order valence-electron chi connectivity index (χ0n) is 15.4. The number of anilines is 1. The van der Waals surface area contributed by atoms with Crippen molar-refractivity contribution in [3.63, 3.8) is 0 Å². The van der Waals surface area contributed by atoms with Gasteiger partial charge < -0.3 is 15.1 Å². The molecule has 3 aliphatic heterocycles. The molecule has 7 heteroatoms. The number of likely N-dealkylation sites (tertiary alicyclic amines) is 1. The van der Waals surface area contributed by atoms with Crippen LogP contribution in [0.15, 0.2) is 24.3 Å². The van der Waals surface area contributed by atoms with Gasteiger partial charge in [-0.2, -0.15) is 13.2 Å². The Kier molecular flexibility index (Phi) is 4.82. The number of alkyl halides is 3. The number of amides is 1. The molecular formula is C20H26F3N3O. The van der Waals surface area contributed by atoms with E-state index in [0.717, 1.165) is 45.1 Å². The Morgan fingerprint density at radius 1 is 1.15 bits per heavy atom. The molecule has 1 aromatic rings. The van der Waals surface area contributed by atoms with Crippen LogP contribution in [0, 0.1) is 11.3 Å². The molecule has 3 fully saturated rings. The molecule has 0 aliphatic carbocycles. The predicted molar refractivity (Wildman–Crippen MR) is 97.5 cm³/mol. The Labute approximate surface area is 157 Å². The van der Waals surface area contributed by atoms with Gasteiger partial charge in [0.05, 0.1) is 5.56 Å². The van der Waals surface area contributed by atoms with E-state index in [2.05, 4.69) is 5.32 Å². The van der Waals surface area contributed by atoms with Gasteiger partial charge in [0, 0.05) is 49.7 Å². The molecule has 4 nitrogen and oxygen atoms in total. The van der Waals surface area contributed by atoms with E-state index in [4.69, 9.17) is 0 Å². The van der Waals surface area contributed by atoms with Crippen LogP contribution in [0.1, 0.15) is 31.2 Å². The molecule has 0 radical (unpaired) electrons. The van der Waals surface area contributed by atoms with Crippen molar-refractivity contribution in [3.8, 4) is 0 Å². The van der Waals surface area contributed by atoms with Crippen molar-refractivity contribution >= 4 is 11.6 Å². The number of halogens is 3. The van der Waals surface area contributed by atoms with Gasteiger partial charge in [0.25, 0.3) is 0 Å². The van der Waals surface area contributed by atoms with Gasteiger partial charge in [0.2, 0.25) is 5.91 Å². The fraction of sp³-hybridized carbons (Fsp3) is 0.650. The van der Waals surface area contributed by atoms with Crippen LogP contribution in [0.25, 0.3) is 0 Å². The number of hydrogen-bond acceptors (Lipinski definition) is 3. The number of hydrogen-bond donors (Lipinski definition) is 1. The average Bonchev–Trinajstić information content (AvgIpc) is 3.31. The van der Waals surface area contributed by atoms with E-state index < -0.39 is 11.7 Å². The molecular weight excluding hydrogens is 355 g/mol. The molecule has 148 valence electrons.